The van der Waals surface area contributed by atoms with E-state index in [1.807, 2.05) is 24.3 Å². The lowest BCUT2D eigenvalue weighted by Crippen LogP contribution is -1.84. The Labute approximate surface area is 105 Å². The molecule has 4 heteroatoms. The molecule has 0 spiro atoms. The van der Waals surface area contributed by atoms with Crippen molar-refractivity contribution in [1.29, 1.82) is 0 Å². The third-order valence-electron chi connectivity index (χ3n) is 2.45. The van der Waals surface area contributed by atoms with E-state index in [9.17, 15) is 0 Å². The molecule has 17 heavy (non-hydrogen) atoms. The number of ether oxygens (including phenoxy) is 1. The van der Waals surface area contributed by atoms with Crippen molar-refractivity contribution < 1.29 is 9.15 Å². The van der Waals surface area contributed by atoms with Gasteiger partial charge in [0.05, 0.1) is 13.3 Å². The van der Waals surface area contributed by atoms with E-state index in [2.05, 4.69) is 4.98 Å². The predicted molar refractivity (Wildman–Crippen MR) is 67.5 cm³/mol. The molecular formula is C13H14ClNO2. The van der Waals surface area contributed by atoms with Gasteiger partial charge >= 0.3 is 0 Å². The van der Waals surface area contributed by atoms with Crippen LogP contribution in [0.25, 0.3) is 11.3 Å². The van der Waals surface area contributed by atoms with E-state index in [4.69, 9.17) is 20.8 Å². The lowest BCUT2D eigenvalue weighted by atomic mass is 10.2. The molecule has 0 atom stereocenters. The maximum Gasteiger partial charge on any atom is 0.194 e. The number of alkyl halides is 1. The summed E-state index contributed by atoms with van der Waals surface area (Å²) in [5.74, 6) is 2.96. The van der Waals surface area contributed by atoms with E-state index < -0.39 is 0 Å². The molecule has 0 aliphatic rings. The van der Waals surface area contributed by atoms with Gasteiger partial charge in [-0.2, -0.15) is 0 Å². The molecule has 0 amide bonds. The van der Waals surface area contributed by atoms with Crippen molar-refractivity contribution in [3.8, 4) is 17.1 Å². The Morgan fingerprint density at radius 2 is 2.06 bits per heavy atom. The van der Waals surface area contributed by atoms with Gasteiger partial charge in [0.25, 0.3) is 0 Å². The van der Waals surface area contributed by atoms with Crippen LogP contribution in [0.2, 0.25) is 0 Å². The normalized spacial score (nSPS) is 10.5. The zero-order valence-corrected chi connectivity index (χ0v) is 10.4. The Hall–Kier alpha value is -1.48. The summed E-state index contributed by atoms with van der Waals surface area (Å²) in [6.45, 7) is 0. The fraction of sp³-hybridized carbons (Fsp3) is 0.308. The van der Waals surface area contributed by atoms with Gasteiger partial charge in [-0.3, -0.25) is 0 Å². The maximum absolute atomic E-state index is 5.63. The number of aryl methyl sites for hydroxylation is 1. The number of aromatic nitrogens is 1. The highest BCUT2D eigenvalue weighted by atomic mass is 35.5. The Morgan fingerprint density at radius 1 is 1.29 bits per heavy atom. The molecule has 0 N–H and O–H groups in total. The highest BCUT2D eigenvalue weighted by Gasteiger charge is 2.06. The molecule has 1 heterocycles. The van der Waals surface area contributed by atoms with E-state index in [1.165, 1.54) is 0 Å². The Balaban J connectivity index is 2.12. The average molecular weight is 252 g/mol. The third kappa shape index (κ3) is 3.01. The number of benzene rings is 1. The van der Waals surface area contributed by atoms with Crippen molar-refractivity contribution >= 4 is 11.6 Å². The van der Waals surface area contributed by atoms with Gasteiger partial charge in [0.2, 0.25) is 0 Å². The summed E-state index contributed by atoms with van der Waals surface area (Å²) >= 11 is 5.63. The van der Waals surface area contributed by atoms with Gasteiger partial charge in [-0.15, -0.1) is 11.6 Å². The SMILES string of the molecule is COc1ccc(-c2cnc(CCCCl)o2)cc1. The molecule has 0 saturated carbocycles. The summed E-state index contributed by atoms with van der Waals surface area (Å²) in [4.78, 5) is 4.22. The molecule has 0 saturated heterocycles. The first-order valence-corrected chi connectivity index (χ1v) is 6.02. The molecule has 1 aromatic carbocycles. The fourth-order valence-corrected chi connectivity index (χ4v) is 1.67. The van der Waals surface area contributed by atoms with Crippen LogP contribution in [0.15, 0.2) is 34.9 Å². The summed E-state index contributed by atoms with van der Waals surface area (Å²) in [6.07, 6.45) is 3.40. The number of halogens is 1. The van der Waals surface area contributed by atoms with Crippen molar-refractivity contribution in [2.45, 2.75) is 12.8 Å². The van der Waals surface area contributed by atoms with Gasteiger partial charge in [0.15, 0.2) is 11.7 Å². The first-order chi connectivity index (χ1) is 8.33. The molecule has 2 aromatic rings. The van der Waals surface area contributed by atoms with Gasteiger partial charge in [-0.25, -0.2) is 4.98 Å². The molecule has 0 aliphatic heterocycles. The van der Waals surface area contributed by atoms with Crippen LogP contribution in [0, 0.1) is 0 Å². The zero-order valence-electron chi connectivity index (χ0n) is 9.65. The second kappa shape index (κ2) is 5.73. The number of oxazole rings is 1. The Kier molecular flexibility index (Phi) is 4.04. The van der Waals surface area contributed by atoms with Gasteiger partial charge in [0, 0.05) is 17.9 Å². The van der Waals surface area contributed by atoms with E-state index in [0.717, 1.165) is 35.8 Å². The molecule has 90 valence electrons. The zero-order chi connectivity index (χ0) is 12.1. The maximum atomic E-state index is 5.63. The number of hydrogen-bond donors (Lipinski definition) is 0. The summed E-state index contributed by atoms with van der Waals surface area (Å²) in [6, 6.07) is 7.70. The smallest absolute Gasteiger partial charge is 0.194 e. The second-order valence-corrected chi connectivity index (χ2v) is 4.02. The van der Waals surface area contributed by atoms with Crippen molar-refractivity contribution in [1.82, 2.24) is 4.98 Å². The number of hydrogen-bond acceptors (Lipinski definition) is 3. The Morgan fingerprint density at radius 3 is 2.71 bits per heavy atom. The predicted octanol–water partition coefficient (Wildman–Crippen LogP) is 3.52. The number of rotatable bonds is 5. The van der Waals surface area contributed by atoms with Gasteiger partial charge in [-0.05, 0) is 30.7 Å². The van der Waals surface area contributed by atoms with Gasteiger partial charge < -0.3 is 9.15 Å². The molecule has 0 fully saturated rings. The van der Waals surface area contributed by atoms with Crippen LogP contribution in [0.5, 0.6) is 5.75 Å². The standard InChI is InChI=1S/C13H14ClNO2/c1-16-11-6-4-10(5-7-11)12-9-15-13(17-12)3-2-8-14/h4-7,9H,2-3,8H2,1H3. The summed E-state index contributed by atoms with van der Waals surface area (Å²) < 4.78 is 10.7. The minimum atomic E-state index is 0.625. The monoisotopic (exact) mass is 251 g/mol. The molecule has 1 aromatic heterocycles. The van der Waals surface area contributed by atoms with Crippen molar-refractivity contribution in [2.24, 2.45) is 0 Å². The average Bonchev–Trinajstić information content (AvgIpc) is 2.85. The number of nitrogens with zero attached hydrogens (tertiary/aromatic N) is 1. The topological polar surface area (TPSA) is 35.3 Å². The fourth-order valence-electron chi connectivity index (χ4n) is 1.53. The minimum absolute atomic E-state index is 0.625. The summed E-state index contributed by atoms with van der Waals surface area (Å²) in [5, 5.41) is 0. The highest BCUT2D eigenvalue weighted by Crippen LogP contribution is 2.23. The lowest BCUT2D eigenvalue weighted by Gasteiger charge is -2.00. The summed E-state index contributed by atoms with van der Waals surface area (Å²) in [7, 11) is 1.65. The number of methoxy groups -OCH3 is 1. The second-order valence-electron chi connectivity index (χ2n) is 3.64. The van der Waals surface area contributed by atoms with E-state index in [1.54, 1.807) is 13.3 Å². The third-order valence-corrected chi connectivity index (χ3v) is 2.72. The van der Waals surface area contributed by atoms with E-state index >= 15 is 0 Å². The highest BCUT2D eigenvalue weighted by molar-refractivity contribution is 6.17. The van der Waals surface area contributed by atoms with Crippen molar-refractivity contribution in [3.63, 3.8) is 0 Å². The van der Waals surface area contributed by atoms with Gasteiger partial charge in [0.1, 0.15) is 5.75 Å². The summed E-state index contributed by atoms with van der Waals surface area (Å²) in [5.41, 5.74) is 0.996. The molecule has 0 aliphatic carbocycles. The van der Waals surface area contributed by atoms with Crippen LogP contribution in [0.1, 0.15) is 12.3 Å². The van der Waals surface area contributed by atoms with E-state index in [0.29, 0.717) is 5.88 Å². The molecule has 0 bridgehead atoms. The first-order valence-electron chi connectivity index (χ1n) is 5.48. The van der Waals surface area contributed by atoms with Crippen LogP contribution in [0.3, 0.4) is 0 Å². The van der Waals surface area contributed by atoms with Crippen LogP contribution < -0.4 is 4.74 Å². The molecule has 3 nitrogen and oxygen atoms in total. The van der Waals surface area contributed by atoms with Crippen molar-refractivity contribution in [2.75, 3.05) is 13.0 Å². The molecule has 2 rings (SSSR count). The van der Waals surface area contributed by atoms with Crippen LogP contribution >= 0.6 is 11.6 Å². The van der Waals surface area contributed by atoms with E-state index in [-0.39, 0.29) is 0 Å². The molecular weight excluding hydrogens is 238 g/mol. The minimum Gasteiger partial charge on any atom is -0.497 e. The van der Waals surface area contributed by atoms with Crippen LogP contribution in [-0.4, -0.2) is 18.0 Å². The molecule has 0 unspecified atom stereocenters. The lowest BCUT2D eigenvalue weighted by molar-refractivity contribution is 0.415. The largest absolute Gasteiger partial charge is 0.497 e. The molecule has 0 radical (unpaired) electrons. The van der Waals surface area contributed by atoms with Crippen molar-refractivity contribution in [3.05, 3.63) is 36.4 Å². The quantitative estimate of drug-likeness (QED) is 0.763. The van der Waals surface area contributed by atoms with Crippen LogP contribution in [0.4, 0.5) is 0 Å². The Bertz CT molecular complexity index is 465. The van der Waals surface area contributed by atoms with Crippen LogP contribution in [-0.2, 0) is 6.42 Å². The first kappa shape index (κ1) is 12.0. The van der Waals surface area contributed by atoms with Gasteiger partial charge in [-0.1, -0.05) is 0 Å².